The van der Waals surface area contributed by atoms with Gasteiger partial charge in [0.05, 0.1) is 12.4 Å². The molecule has 0 radical (unpaired) electrons. The minimum atomic E-state index is -0.486. The number of rotatable bonds is 5. The zero-order chi connectivity index (χ0) is 15.0. The molecule has 0 aliphatic heterocycles. The highest BCUT2D eigenvalue weighted by atomic mass is 16.6. The standard InChI is InChI=1S/C13H19N5O2/c1-13(2,3)20-12(19)16-6-4-5-15-11-9-17-10(7-14)8-18-11/h8-9H,4-6H2,1-3H3,(H,15,18)(H,16,19). The number of anilines is 1. The summed E-state index contributed by atoms with van der Waals surface area (Å²) < 4.78 is 5.10. The minimum Gasteiger partial charge on any atom is -0.444 e. The summed E-state index contributed by atoms with van der Waals surface area (Å²) in [6.45, 7) is 6.59. The zero-order valence-electron chi connectivity index (χ0n) is 11.9. The molecule has 0 spiro atoms. The van der Waals surface area contributed by atoms with E-state index in [9.17, 15) is 4.79 Å². The first kappa shape index (κ1) is 15.7. The van der Waals surface area contributed by atoms with Crippen molar-refractivity contribution < 1.29 is 9.53 Å². The Kier molecular flexibility index (Phi) is 5.72. The van der Waals surface area contributed by atoms with Gasteiger partial charge in [-0.15, -0.1) is 0 Å². The van der Waals surface area contributed by atoms with E-state index in [1.807, 2.05) is 26.8 Å². The first-order chi connectivity index (χ1) is 9.40. The van der Waals surface area contributed by atoms with Crippen molar-refractivity contribution in [1.29, 1.82) is 5.26 Å². The molecule has 2 N–H and O–H groups in total. The van der Waals surface area contributed by atoms with Crippen molar-refractivity contribution >= 4 is 11.9 Å². The molecule has 0 saturated heterocycles. The van der Waals surface area contributed by atoms with Gasteiger partial charge in [0.15, 0.2) is 5.69 Å². The van der Waals surface area contributed by atoms with E-state index in [1.165, 1.54) is 12.4 Å². The Labute approximate surface area is 118 Å². The van der Waals surface area contributed by atoms with E-state index in [0.29, 0.717) is 18.9 Å². The van der Waals surface area contributed by atoms with Crippen LogP contribution in [0.25, 0.3) is 0 Å². The van der Waals surface area contributed by atoms with E-state index in [-0.39, 0.29) is 5.69 Å². The highest BCUT2D eigenvalue weighted by Gasteiger charge is 2.15. The molecular formula is C13H19N5O2. The maximum absolute atomic E-state index is 11.4. The fourth-order valence-corrected chi connectivity index (χ4v) is 1.29. The Morgan fingerprint density at radius 1 is 1.35 bits per heavy atom. The van der Waals surface area contributed by atoms with Crippen molar-refractivity contribution in [2.45, 2.75) is 32.8 Å². The number of ether oxygens (including phenoxy) is 1. The van der Waals surface area contributed by atoms with Gasteiger partial charge in [0.25, 0.3) is 0 Å². The molecular weight excluding hydrogens is 258 g/mol. The molecule has 0 saturated carbocycles. The monoisotopic (exact) mass is 277 g/mol. The van der Waals surface area contributed by atoms with Crippen LogP contribution in [0.1, 0.15) is 32.9 Å². The second-order valence-corrected chi connectivity index (χ2v) is 5.11. The van der Waals surface area contributed by atoms with Crippen LogP contribution in [0.4, 0.5) is 10.6 Å². The molecule has 20 heavy (non-hydrogen) atoms. The first-order valence-corrected chi connectivity index (χ1v) is 6.33. The maximum Gasteiger partial charge on any atom is 0.407 e. The summed E-state index contributed by atoms with van der Waals surface area (Å²) in [4.78, 5) is 19.3. The summed E-state index contributed by atoms with van der Waals surface area (Å²) in [6, 6.07) is 1.90. The quantitative estimate of drug-likeness (QED) is 0.794. The number of hydrogen-bond donors (Lipinski definition) is 2. The van der Waals surface area contributed by atoms with E-state index in [0.717, 1.165) is 6.42 Å². The van der Waals surface area contributed by atoms with Gasteiger partial charge in [0, 0.05) is 13.1 Å². The predicted molar refractivity (Wildman–Crippen MR) is 74.1 cm³/mol. The topological polar surface area (TPSA) is 99.9 Å². The molecule has 1 amide bonds. The Morgan fingerprint density at radius 3 is 2.65 bits per heavy atom. The number of carbonyl (C=O) groups excluding carboxylic acids is 1. The number of aromatic nitrogens is 2. The van der Waals surface area contributed by atoms with Crippen LogP contribution in [0.2, 0.25) is 0 Å². The summed E-state index contributed by atoms with van der Waals surface area (Å²) in [6.07, 6.45) is 3.21. The third-order valence-corrected chi connectivity index (χ3v) is 2.09. The fraction of sp³-hybridized carbons (Fsp3) is 0.538. The van der Waals surface area contributed by atoms with Crippen LogP contribution in [-0.4, -0.2) is 34.8 Å². The number of amides is 1. The number of nitrogens with one attached hydrogen (secondary N) is 2. The predicted octanol–water partition coefficient (Wildman–Crippen LogP) is 1.67. The molecule has 1 heterocycles. The lowest BCUT2D eigenvalue weighted by Crippen LogP contribution is -2.33. The fourth-order valence-electron chi connectivity index (χ4n) is 1.29. The average molecular weight is 277 g/mol. The zero-order valence-corrected chi connectivity index (χ0v) is 11.9. The van der Waals surface area contributed by atoms with Gasteiger partial charge in [0.2, 0.25) is 0 Å². The van der Waals surface area contributed by atoms with Gasteiger partial charge < -0.3 is 15.4 Å². The van der Waals surface area contributed by atoms with Crippen molar-refractivity contribution in [3.63, 3.8) is 0 Å². The summed E-state index contributed by atoms with van der Waals surface area (Å²) in [5, 5.41) is 14.3. The number of carbonyl (C=O) groups is 1. The van der Waals surface area contributed by atoms with Crippen molar-refractivity contribution in [1.82, 2.24) is 15.3 Å². The third-order valence-electron chi connectivity index (χ3n) is 2.09. The molecule has 0 fully saturated rings. The number of hydrogen-bond acceptors (Lipinski definition) is 6. The lowest BCUT2D eigenvalue weighted by Gasteiger charge is -2.19. The molecule has 0 aromatic carbocycles. The van der Waals surface area contributed by atoms with Crippen molar-refractivity contribution in [3.05, 3.63) is 18.1 Å². The maximum atomic E-state index is 11.4. The number of alkyl carbamates (subject to hydrolysis) is 1. The molecule has 1 aromatic rings. The first-order valence-electron chi connectivity index (χ1n) is 6.33. The Balaban J connectivity index is 2.16. The second kappa shape index (κ2) is 7.28. The van der Waals surface area contributed by atoms with Crippen LogP contribution in [0.5, 0.6) is 0 Å². The lowest BCUT2D eigenvalue weighted by atomic mass is 10.2. The molecule has 1 aromatic heterocycles. The Bertz CT molecular complexity index is 473. The van der Waals surface area contributed by atoms with Gasteiger partial charge in [-0.05, 0) is 27.2 Å². The molecule has 1 rings (SSSR count). The van der Waals surface area contributed by atoms with Gasteiger partial charge >= 0.3 is 6.09 Å². The molecule has 7 heteroatoms. The molecule has 7 nitrogen and oxygen atoms in total. The van der Waals surface area contributed by atoms with Crippen LogP contribution in [0, 0.1) is 11.3 Å². The second-order valence-electron chi connectivity index (χ2n) is 5.11. The molecule has 0 unspecified atom stereocenters. The summed E-state index contributed by atoms with van der Waals surface area (Å²) >= 11 is 0. The van der Waals surface area contributed by atoms with Crippen molar-refractivity contribution in [2.24, 2.45) is 0 Å². The Morgan fingerprint density at radius 2 is 2.10 bits per heavy atom. The van der Waals surface area contributed by atoms with Crippen molar-refractivity contribution in [2.75, 3.05) is 18.4 Å². The summed E-state index contributed by atoms with van der Waals surface area (Å²) in [7, 11) is 0. The van der Waals surface area contributed by atoms with Crippen molar-refractivity contribution in [3.8, 4) is 6.07 Å². The highest BCUT2D eigenvalue weighted by Crippen LogP contribution is 2.06. The molecule has 108 valence electrons. The normalized spacial score (nSPS) is 10.5. The lowest BCUT2D eigenvalue weighted by molar-refractivity contribution is 0.0528. The smallest absolute Gasteiger partial charge is 0.407 e. The molecule has 0 atom stereocenters. The average Bonchev–Trinajstić information content (AvgIpc) is 2.37. The number of nitriles is 1. The third kappa shape index (κ3) is 6.54. The van der Waals surface area contributed by atoms with Gasteiger partial charge in [-0.25, -0.2) is 14.8 Å². The van der Waals surface area contributed by atoms with Gasteiger partial charge in [-0.1, -0.05) is 0 Å². The van der Waals surface area contributed by atoms with E-state index < -0.39 is 11.7 Å². The van der Waals surface area contributed by atoms with Crippen LogP contribution < -0.4 is 10.6 Å². The van der Waals surface area contributed by atoms with Crippen LogP contribution in [0.3, 0.4) is 0 Å². The van der Waals surface area contributed by atoms with E-state index in [2.05, 4.69) is 20.6 Å². The highest BCUT2D eigenvalue weighted by molar-refractivity contribution is 5.67. The van der Waals surface area contributed by atoms with E-state index in [4.69, 9.17) is 10.00 Å². The molecule has 0 aliphatic rings. The van der Waals surface area contributed by atoms with Crippen LogP contribution >= 0.6 is 0 Å². The largest absolute Gasteiger partial charge is 0.444 e. The SMILES string of the molecule is CC(C)(C)OC(=O)NCCCNc1cnc(C#N)cn1. The van der Waals surface area contributed by atoms with E-state index >= 15 is 0 Å². The Hall–Kier alpha value is -2.36. The van der Waals surface area contributed by atoms with Crippen LogP contribution in [-0.2, 0) is 4.74 Å². The summed E-state index contributed by atoms with van der Waals surface area (Å²) in [5.74, 6) is 0.598. The molecule has 0 aliphatic carbocycles. The minimum absolute atomic E-state index is 0.280. The van der Waals surface area contributed by atoms with E-state index in [1.54, 1.807) is 0 Å². The molecule has 0 bridgehead atoms. The van der Waals surface area contributed by atoms with Gasteiger partial charge in [0.1, 0.15) is 17.5 Å². The number of nitrogens with zero attached hydrogens (tertiary/aromatic N) is 3. The van der Waals surface area contributed by atoms with Crippen LogP contribution in [0.15, 0.2) is 12.4 Å². The van der Waals surface area contributed by atoms with Gasteiger partial charge in [-0.3, -0.25) is 0 Å². The van der Waals surface area contributed by atoms with Gasteiger partial charge in [-0.2, -0.15) is 5.26 Å². The summed E-state index contributed by atoms with van der Waals surface area (Å²) in [5.41, 5.74) is -0.206.